The summed E-state index contributed by atoms with van der Waals surface area (Å²) in [6.45, 7) is 2.88. The topological polar surface area (TPSA) is 71.3 Å². The highest BCUT2D eigenvalue weighted by atomic mass is 19.1. The normalized spacial score (nSPS) is 18.8. The number of hydrogen-bond donors (Lipinski definition) is 2. The molecule has 7 heteroatoms. The van der Waals surface area contributed by atoms with Crippen molar-refractivity contribution in [3.8, 4) is 5.69 Å². The van der Waals surface area contributed by atoms with Crippen LogP contribution in [0.4, 0.5) is 8.78 Å². The van der Waals surface area contributed by atoms with E-state index in [2.05, 4.69) is 5.32 Å². The lowest BCUT2D eigenvalue weighted by molar-refractivity contribution is 0.0695. The van der Waals surface area contributed by atoms with Crippen LogP contribution in [0.5, 0.6) is 0 Å². The summed E-state index contributed by atoms with van der Waals surface area (Å²) in [5.74, 6) is -2.33. The molecule has 2 atom stereocenters. The summed E-state index contributed by atoms with van der Waals surface area (Å²) in [7, 11) is 0. The first kappa shape index (κ1) is 20.2. The average Bonchev–Trinajstić information content (AvgIpc) is 3.17. The van der Waals surface area contributed by atoms with E-state index < -0.39 is 28.6 Å². The summed E-state index contributed by atoms with van der Waals surface area (Å²) >= 11 is 0. The van der Waals surface area contributed by atoms with Gasteiger partial charge in [-0.15, -0.1) is 0 Å². The van der Waals surface area contributed by atoms with Gasteiger partial charge in [-0.3, -0.25) is 4.79 Å². The van der Waals surface area contributed by atoms with Crippen molar-refractivity contribution in [3.63, 3.8) is 0 Å². The van der Waals surface area contributed by atoms with Gasteiger partial charge < -0.3 is 15.0 Å². The van der Waals surface area contributed by atoms with Crippen molar-refractivity contribution in [1.82, 2.24) is 9.88 Å². The Balaban J connectivity index is 1.92. The SMILES string of the molecule is CCNC1CCC(c2cc3c(cc2F)c(=O)c(C(=O)O)cn3-c2ccc(F)cc2)C1. The van der Waals surface area contributed by atoms with Crippen molar-refractivity contribution in [2.24, 2.45) is 0 Å². The number of aromatic carboxylic acids is 1. The minimum absolute atomic E-state index is 0.00868. The third-order valence-electron chi connectivity index (χ3n) is 5.82. The van der Waals surface area contributed by atoms with E-state index in [1.165, 1.54) is 35.0 Å². The molecule has 0 bridgehead atoms. The fraction of sp³-hybridized carbons (Fsp3) is 0.304. The quantitative estimate of drug-likeness (QED) is 0.659. The second-order valence-electron chi connectivity index (χ2n) is 7.68. The average molecular weight is 412 g/mol. The van der Waals surface area contributed by atoms with E-state index in [4.69, 9.17) is 0 Å². The van der Waals surface area contributed by atoms with Crippen molar-refractivity contribution >= 4 is 16.9 Å². The van der Waals surface area contributed by atoms with Crippen LogP contribution in [0.25, 0.3) is 16.6 Å². The molecule has 1 aliphatic rings. The molecule has 0 saturated heterocycles. The molecule has 1 fully saturated rings. The maximum absolute atomic E-state index is 15.0. The molecule has 1 heterocycles. The minimum atomic E-state index is -1.40. The summed E-state index contributed by atoms with van der Waals surface area (Å²) < 4.78 is 29.9. The van der Waals surface area contributed by atoms with E-state index in [0.29, 0.717) is 22.8 Å². The van der Waals surface area contributed by atoms with E-state index in [-0.39, 0.29) is 11.3 Å². The molecule has 0 amide bonds. The summed E-state index contributed by atoms with van der Waals surface area (Å²) in [6, 6.07) is 8.59. The Labute approximate surface area is 172 Å². The zero-order valence-corrected chi connectivity index (χ0v) is 16.5. The predicted octanol–water partition coefficient (Wildman–Crippen LogP) is 4.21. The first-order valence-corrected chi connectivity index (χ1v) is 10.0. The number of nitrogens with zero attached hydrogens (tertiary/aromatic N) is 1. The van der Waals surface area contributed by atoms with Gasteiger partial charge in [-0.2, -0.15) is 0 Å². The first-order chi connectivity index (χ1) is 14.4. The zero-order valence-electron chi connectivity index (χ0n) is 16.5. The predicted molar refractivity (Wildman–Crippen MR) is 110 cm³/mol. The highest BCUT2D eigenvalue weighted by Gasteiger charge is 2.28. The van der Waals surface area contributed by atoms with Crippen molar-refractivity contribution in [2.75, 3.05) is 6.54 Å². The highest BCUT2D eigenvalue weighted by molar-refractivity contribution is 5.93. The number of rotatable bonds is 5. The molecule has 156 valence electrons. The molecule has 0 spiro atoms. The number of hydrogen-bond acceptors (Lipinski definition) is 3. The minimum Gasteiger partial charge on any atom is -0.477 e. The van der Waals surface area contributed by atoms with Gasteiger partial charge in [-0.25, -0.2) is 13.6 Å². The van der Waals surface area contributed by atoms with E-state index in [1.807, 2.05) is 6.92 Å². The molecule has 0 radical (unpaired) electrons. The van der Waals surface area contributed by atoms with Gasteiger partial charge in [0.2, 0.25) is 5.43 Å². The Kier molecular flexibility index (Phi) is 5.39. The molecule has 2 N–H and O–H groups in total. The lowest BCUT2D eigenvalue weighted by Gasteiger charge is -2.17. The molecular formula is C23H22F2N2O3. The van der Waals surface area contributed by atoms with Crippen molar-refractivity contribution in [1.29, 1.82) is 0 Å². The van der Waals surface area contributed by atoms with Gasteiger partial charge in [-0.1, -0.05) is 6.92 Å². The van der Waals surface area contributed by atoms with Crippen LogP contribution in [-0.2, 0) is 0 Å². The maximum atomic E-state index is 15.0. The number of aromatic nitrogens is 1. The van der Waals surface area contributed by atoms with Gasteiger partial charge in [0.15, 0.2) is 0 Å². The number of pyridine rings is 1. The Morgan fingerprint density at radius 1 is 1.20 bits per heavy atom. The Bertz CT molecular complexity index is 1170. The number of fused-ring (bicyclic) bond motifs is 1. The van der Waals surface area contributed by atoms with E-state index >= 15 is 4.39 Å². The van der Waals surface area contributed by atoms with Gasteiger partial charge >= 0.3 is 5.97 Å². The third kappa shape index (κ3) is 3.61. The van der Waals surface area contributed by atoms with Crippen LogP contribution >= 0.6 is 0 Å². The monoisotopic (exact) mass is 412 g/mol. The Morgan fingerprint density at radius 3 is 2.60 bits per heavy atom. The standard InChI is InChI=1S/C23H22F2N2O3/c1-2-26-15-6-3-13(9-15)17-11-21-18(10-20(17)25)22(28)19(23(29)30)12-27(21)16-7-4-14(24)5-8-16/h4-5,7-8,10-13,15,26H,2-3,6,9H2,1H3,(H,29,30). The van der Waals surface area contributed by atoms with E-state index in [0.717, 1.165) is 31.9 Å². The summed E-state index contributed by atoms with van der Waals surface area (Å²) in [6.07, 6.45) is 3.79. The fourth-order valence-electron chi connectivity index (χ4n) is 4.38. The van der Waals surface area contributed by atoms with Gasteiger partial charge in [0.1, 0.15) is 17.2 Å². The number of benzene rings is 2. The number of nitrogens with one attached hydrogen (secondary N) is 1. The lowest BCUT2D eigenvalue weighted by atomic mass is 9.94. The van der Waals surface area contributed by atoms with Crippen molar-refractivity contribution in [3.05, 3.63) is 75.6 Å². The van der Waals surface area contributed by atoms with Gasteiger partial charge in [0.05, 0.1) is 5.52 Å². The van der Waals surface area contributed by atoms with Crippen LogP contribution in [0.1, 0.15) is 48.0 Å². The molecule has 2 aromatic carbocycles. The number of carboxylic acids is 1. The molecule has 3 aromatic rings. The fourth-order valence-corrected chi connectivity index (χ4v) is 4.38. The van der Waals surface area contributed by atoms with Crippen LogP contribution in [0.2, 0.25) is 0 Å². The van der Waals surface area contributed by atoms with Crippen LogP contribution in [0.15, 0.2) is 47.4 Å². The zero-order chi connectivity index (χ0) is 21.4. The second-order valence-corrected chi connectivity index (χ2v) is 7.68. The molecule has 1 aliphatic carbocycles. The Hall–Kier alpha value is -3.06. The number of carboxylic acid groups (broad SMARTS) is 1. The van der Waals surface area contributed by atoms with Crippen LogP contribution in [0, 0.1) is 11.6 Å². The van der Waals surface area contributed by atoms with Crippen LogP contribution in [0.3, 0.4) is 0 Å². The van der Waals surface area contributed by atoms with E-state index in [9.17, 15) is 19.1 Å². The van der Waals surface area contributed by atoms with Gasteiger partial charge in [0.25, 0.3) is 0 Å². The largest absolute Gasteiger partial charge is 0.477 e. The van der Waals surface area contributed by atoms with E-state index in [1.54, 1.807) is 6.07 Å². The number of carbonyl (C=O) groups is 1. The summed E-state index contributed by atoms with van der Waals surface area (Å²) in [5, 5.41) is 12.8. The summed E-state index contributed by atoms with van der Waals surface area (Å²) in [4.78, 5) is 24.3. The van der Waals surface area contributed by atoms with Crippen LogP contribution < -0.4 is 10.7 Å². The maximum Gasteiger partial charge on any atom is 0.341 e. The van der Waals surface area contributed by atoms with Gasteiger partial charge in [-0.05, 0) is 73.7 Å². The molecule has 1 aromatic heterocycles. The Morgan fingerprint density at radius 2 is 1.93 bits per heavy atom. The summed E-state index contributed by atoms with van der Waals surface area (Å²) in [5.41, 5.74) is 0.199. The second kappa shape index (κ2) is 7.99. The molecule has 30 heavy (non-hydrogen) atoms. The molecule has 0 aliphatic heterocycles. The molecular weight excluding hydrogens is 390 g/mol. The number of halogens is 2. The lowest BCUT2D eigenvalue weighted by Crippen LogP contribution is -2.25. The van der Waals surface area contributed by atoms with Crippen LogP contribution in [-0.4, -0.2) is 28.2 Å². The van der Waals surface area contributed by atoms with Crippen molar-refractivity contribution in [2.45, 2.75) is 38.1 Å². The first-order valence-electron chi connectivity index (χ1n) is 10.0. The third-order valence-corrected chi connectivity index (χ3v) is 5.82. The van der Waals surface area contributed by atoms with Crippen molar-refractivity contribution < 1.29 is 18.7 Å². The highest BCUT2D eigenvalue weighted by Crippen LogP contribution is 2.37. The molecule has 2 unspecified atom stereocenters. The molecule has 1 saturated carbocycles. The smallest absolute Gasteiger partial charge is 0.341 e. The molecule has 5 nitrogen and oxygen atoms in total. The molecule has 4 rings (SSSR count). The van der Waals surface area contributed by atoms with Gasteiger partial charge in [0, 0.05) is 23.3 Å².